The summed E-state index contributed by atoms with van der Waals surface area (Å²) in [6.07, 6.45) is -2.42. The van der Waals surface area contributed by atoms with Crippen molar-refractivity contribution >= 4 is 10.9 Å². The van der Waals surface area contributed by atoms with Crippen molar-refractivity contribution in [3.63, 3.8) is 0 Å². The zero-order valence-corrected chi connectivity index (χ0v) is 9.59. The van der Waals surface area contributed by atoms with Gasteiger partial charge in [0.15, 0.2) is 0 Å². The molecular formula is C12H13F3N2O. The quantitative estimate of drug-likeness (QED) is 0.828. The number of aliphatic hydroxyl groups excluding tert-OH is 1. The van der Waals surface area contributed by atoms with E-state index < -0.39 is 11.7 Å². The Morgan fingerprint density at radius 2 is 2.00 bits per heavy atom. The molecule has 0 saturated heterocycles. The third-order valence-corrected chi connectivity index (χ3v) is 2.80. The van der Waals surface area contributed by atoms with Crippen LogP contribution in [0.1, 0.15) is 24.1 Å². The second kappa shape index (κ2) is 4.97. The molecule has 18 heavy (non-hydrogen) atoms. The van der Waals surface area contributed by atoms with E-state index in [0.29, 0.717) is 35.9 Å². The predicted molar refractivity (Wildman–Crippen MR) is 61.1 cm³/mol. The van der Waals surface area contributed by atoms with E-state index in [1.165, 1.54) is 6.07 Å². The lowest BCUT2D eigenvalue weighted by atomic mass is 10.1. The maximum Gasteiger partial charge on any atom is 0.416 e. The van der Waals surface area contributed by atoms with Crippen molar-refractivity contribution in [2.45, 2.75) is 25.4 Å². The Hall–Kier alpha value is -1.56. The third kappa shape index (κ3) is 2.64. The average Bonchev–Trinajstić information content (AvgIpc) is 2.71. The van der Waals surface area contributed by atoms with Crippen molar-refractivity contribution in [1.29, 1.82) is 0 Å². The van der Waals surface area contributed by atoms with E-state index in [2.05, 4.69) is 10.2 Å². The Kier molecular flexibility index (Phi) is 3.56. The number of alkyl halides is 3. The van der Waals surface area contributed by atoms with Gasteiger partial charge >= 0.3 is 6.18 Å². The molecule has 0 amide bonds. The molecule has 0 unspecified atom stereocenters. The molecule has 1 aromatic heterocycles. The Labute approximate surface area is 102 Å². The second-order valence-corrected chi connectivity index (χ2v) is 4.11. The van der Waals surface area contributed by atoms with E-state index in [1.807, 2.05) is 0 Å². The Morgan fingerprint density at radius 1 is 1.22 bits per heavy atom. The Bertz CT molecular complexity index is 534. The fourth-order valence-corrected chi connectivity index (χ4v) is 1.84. The molecule has 98 valence electrons. The standard InChI is InChI=1S/C12H13F3N2O/c13-12(14,15)8-4-5-11-9(7-8)10(16-17-11)3-1-2-6-18/h4-5,7,18H,1-3,6H2,(H,16,17). The van der Waals surface area contributed by atoms with Crippen molar-refractivity contribution < 1.29 is 18.3 Å². The fourth-order valence-electron chi connectivity index (χ4n) is 1.84. The SMILES string of the molecule is OCCCCc1[nH]nc2ccc(C(F)(F)F)cc12. The molecule has 6 heteroatoms. The summed E-state index contributed by atoms with van der Waals surface area (Å²) in [5.41, 5.74) is 0.548. The number of fused-ring (bicyclic) bond motifs is 1. The molecule has 1 aromatic carbocycles. The van der Waals surface area contributed by atoms with Crippen LogP contribution in [0.3, 0.4) is 0 Å². The molecule has 0 saturated carbocycles. The maximum absolute atomic E-state index is 12.6. The topological polar surface area (TPSA) is 48.9 Å². The zero-order valence-electron chi connectivity index (χ0n) is 9.59. The van der Waals surface area contributed by atoms with Crippen LogP contribution in [-0.4, -0.2) is 21.9 Å². The number of aryl methyl sites for hydroxylation is 1. The van der Waals surface area contributed by atoms with Gasteiger partial charge in [-0.3, -0.25) is 5.10 Å². The van der Waals surface area contributed by atoms with Crippen LogP contribution in [0, 0.1) is 0 Å². The van der Waals surface area contributed by atoms with E-state index in [1.54, 1.807) is 0 Å². The summed E-state index contributed by atoms with van der Waals surface area (Å²) < 4.78 is 37.8. The van der Waals surface area contributed by atoms with Crippen LogP contribution in [0.4, 0.5) is 13.2 Å². The van der Waals surface area contributed by atoms with Crippen LogP contribution in [0.5, 0.6) is 0 Å². The average molecular weight is 258 g/mol. The molecule has 1 heterocycles. The number of H-pyrrole nitrogens is 1. The van der Waals surface area contributed by atoms with Gasteiger partial charge in [-0.15, -0.1) is 0 Å². The summed E-state index contributed by atoms with van der Waals surface area (Å²) in [4.78, 5) is 0. The van der Waals surface area contributed by atoms with E-state index >= 15 is 0 Å². The highest BCUT2D eigenvalue weighted by Crippen LogP contribution is 2.31. The molecule has 0 aliphatic heterocycles. The number of nitrogens with zero attached hydrogens (tertiary/aromatic N) is 1. The molecule has 0 spiro atoms. The largest absolute Gasteiger partial charge is 0.416 e. The highest BCUT2D eigenvalue weighted by molar-refractivity contribution is 5.82. The van der Waals surface area contributed by atoms with E-state index in [4.69, 9.17) is 5.11 Å². The van der Waals surface area contributed by atoms with Crippen LogP contribution >= 0.6 is 0 Å². The van der Waals surface area contributed by atoms with Gasteiger partial charge in [-0.1, -0.05) is 0 Å². The first-order valence-electron chi connectivity index (χ1n) is 5.67. The third-order valence-electron chi connectivity index (χ3n) is 2.80. The molecule has 2 N–H and O–H groups in total. The number of aliphatic hydroxyl groups is 1. The van der Waals surface area contributed by atoms with E-state index in [-0.39, 0.29) is 6.61 Å². The van der Waals surface area contributed by atoms with Gasteiger partial charge in [0.05, 0.1) is 11.1 Å². The van der Waals surface area contributed by atoms with Crippen molar-refractivity contribution in [2.75, 3.05) is 6.61 Å². The first kappa shape index (κ1) is 12.9. The van der Waals surface area contributed by atoms with Crippen LogP contribution in [-0.2, 0) is 12.6 Å². The molecular weight excluding hydrogens is 245 g/mol. The number of rotatable bonds is 4. The predicted octanol–water partition coefficient (Wildman–Crippen LogP) is 2.90. The van der Waals surface area contributed by atoms with Crippen molar-refractivity contribution in [1.82, 2.24) is 10.2 Å². The van der Waals surface area contributed by atoms with E-state index in [0.717, 1.165) is 12.1 Å². The molecule has 0 fully saturated rings. The summed E-state index contributed by atoms with van der Waals surface area (Å²) in [6, 6.07) is 3.51. The number of aromatic nitrogens is 2. The molecule has 0 aliphatic rings. The molecule has 0 atom stereocenters. The van der Waals surface area contributed by atoms with Gasteiger partial charge in [0.1, 0.15) is 0 Å². The van der Waals surface area contributed by atoms with Gasteiger partial charge in [0.25, 0.3) is 0 Å². The number of halogens is 3. The molecule has 0 bridgehead atoms. The summed E-state index contributed by atoms with van der Waals surface area (Å²) in [7, 11) is 0. The smallest absolute Gasteiger partial charge is 0.396 e. The van der Waals surface area contributed by atoms with Crippen molar-refractivity contribution in [2.24, 2.45) is 0 Å². The monoisotopic (exact) mass is 258 g/mol. The van der Waals surface area contributed by atoms with Gasteiger partial charge in [0.2, 0.25) is 0 Å². The summed E-state index contributed by atoms with van der Waals surface area (Å²) >= 11 is 0. The number of hydrogen-bond acceptors (Lipinski definition) is 2. The lowest BCUT2D eigenvalue weighted by molar-refractivity contribution is -0.137. The molecule has 3 nitrogen and oxygen atoms in total. The highest BCUT2D eigenvalue weighted by Gasteiger charge is 2.30. The molecule has 0 aliphatic carbocycles. The van der Waals surface area contributed by atoms with Crippen molar-refractivity contribution in [3.05, 3.63) is 29.5 Å². The maximum atomic E-state index is 12.6. The Morgan fingerprint density at radius 3 is 2.67 bits per heavy atom. The van der Waals surface area contributed by atoms with Crippen LogP contribution < -0.4 is 0 Å². The highest BCUT2D eigenvalue weighted by atomic mass is 19.4. The normalized spacial score (nSPS) is 12.2. The Balaban J connectivity index is 2.31. The van der Waals surface area contributed by atoms with Gasteiger partial charge in [-0.25, -0.2) is 0 Å². The summed E-state index contributed by atoms with van der Waals surface area (Å²) in [5, 5.41) is 15.9. The molecule has 2 rings (SSSR count). The molecule has 2 aromatic rings. The van der Waals surface area contributed by atoms with Gasteiger partial charge in [-0.2, -0.15) is 18.3 Å². The minimum absolute atomic E-state index is 0.0832. The number of nitrogens with one attached hydrogen (secondary N) is 1. The van der Waals surface area contributed by atoms with Gasteiger partial charge < -0.3 is 5.11 Å². The minimum Gasteiger partial charge on any atom is -0.396 e. The molecule has 0 radical (unpaired) electrons. The van der Waals surface area contributed by atoms with E-state index in [9.17, 15) is 13.2 Å². The lowest BCUT2D eigenvalue weighted by Gasteiger charge is -2.06. The summed E-state index contributed by atoms with van der Waals surface area (Å²) in [5.74, 6) is 0. The van der Waals surface area contributed by atoms with Crippen LogP contribution in [0.2, 0.25) is 0 Å². The second-order valence-electron chi connectivity index (χ2n) is 4.11. The van der Waals surface area contributed by atoms with Crippen molar-refractivity contribution in [3.8, 4) is 0 Å². The number of unbranched alkanes of at least 4 members (excludes halogenated alkanes) is 1. The number of benzene rings is 1. The summed E-state index contributed by atoms with van der Waals surface area (Å²) in [6.45, 7) is 0.0832. The number of aromatic amines is 1. The lowest BCUT2D eigenvalue weighted by Crippen LogP contribution is -2.04. The number of hydrogen-bond donors (Lipinski definition) is 2. The van der Waals surface area contributed by atoms with Gasteiger partial charge in [0, 0.05) is 17.7 Å². The fraction of sp³-hybridized carbons (Fsp3) is 0.417. The first-order chi connectivity index (χ1) is 8.52. The van der Waals surface area contributed by atoms with Crippen LogP contribution in [0.25, 0.3) is 10.9 Å². The zero-order chi connectivity index (χ0) is 13.2. The minimum atomic E-state index is -4.34. The van der Waals surface area contributed by atoms with Gasteiger partial charge in [-0.05, 0) is 37.5 Å². The first-order valence-corrected chi connectivity index (χ1v) is 5.67. The van der Waals surface area contributed by atoms with Crippen LogP contribution in [0.15, 0.2) is 18.2 Å².